The van der Waals surface area contributed by atoms with E-state index in [1.165, 1.54) is 7.11 Å². The Morgan fingerprint density at radius 1 is 1.45 bits per heavy atom. The summed E-state index contributed by atoms with van der Waals surface area (Å²) in [5, 5.41) is 0. The first-order valence-electron chi connectivity index (χ1n) is 3.86. The lowest BCUT2D eigenvalue weighted by Gasteiger charge is -2.26. The predicted molar refractivity (Wildman–Crippen MR) is 44.6 cm³/mol. The average Bonchev–Trinajstić information content (AvgIpc) is 1.87. The SMILES string of the molecule is CC[C@@](F)(COC)CN(C)C. The molecule has 0 saturated heterocycles. The Labute approximate surface area is 68.3 Å². The molecule has 0 aromatic rings. The lowest BCUT2D eigenvalue weighted by Crippen LogP contribution is -2.39. The highest BCUT2D eigenvalue weighted by Crippen LogP contribution is 2.16. The molecule has 0 bridgehead atoms. The van der Waals surface area contributed by atoms with Crippen LogP contribution in [0.25, 0.3) is 0 Å². The zero-order valence-electron chi connectivity index (χ0n) is 7.85. The molecule has 0 saturated carbocycles. The highest BCUT2D eigenvalue weighted by Gasteiger charge is 2.27. The van der Waals surface area contributed by atoms with Crippen molar-refractivity contribution in [2.24, 2.45) is 0 Å². The van der Waals surface area contributed by atoms with Crippen LogP contribution in [0.4, 0.5) is 4.39 Å². The number of alkyl halides is 1. The Balaban J connectivity index is 3.87. The van der Waals surface area contributed by atoms with Gasteiger partial charge in [0.2, 0.25) is 0 Å². The molecule has 0 aromatic carbocycles. The molecule has 3 heteroatoms. The fraction of sp³-hybridized carbons (Fsp3) is 1.00. The van der Waals surface area contributed by atoms with Gasteiger partial charge in [-0.2, -0.15) is 0 Å². The number of ether oxygens (including phenoxy) is 1. The Hall–Kier alpha value is -0.150. The maximum absolute atomic E-state index is 13.6. The monoisotopic (exact) mass is 163 g/mol. The first-order valence-corrected chi connectivity index (χ1v) is 3.86. The van der Waals surface area contributed by atoms with Crippen molar-refractivity contribution < 1.29 is 9.13 Å². The summed E-state index contributed by atoms with van der Waals surface area (Å²) in [5.74, 6) is 0. The van der Waals surface area contributed by atoms with Gasteiger partial charge in [0.25, 0.3) is 0 Å². The van der Waals surface area contributed by atoms with Gasteiger partial charge in [0.05, 0.1) is 6.61 Å². The van der Waals surface area contributed by atoms with Gasteiger partial charge in [-0.15, -0.1) is 0 Å². The number of hydrogen-bond donors (Lipinski definition) is 0. The highest BCUT2D eigenvalue weighted by atomic mass is 19.1. The van der Waals surface area contributed by atoms with Crippen LogP contribution in [0.1, 0.15) is 13.3 Å². The zero-order valence-corrected chi connectivity index (χ0v) is 7.85. The molecule has 68 valence electrons. The van der Waals surface area contributed by atoms with E-state index in [1.807, 2.05) is 25.9 Å². The van der Waals surface area contributed by atoms with Crippen molar-refractivity contribution in [2.75, 3.05) is 34.4 Å². The molecule has 0 rings (SSSR count). The minimum Gasteiger partial charge on any atom is -0.381 e. The van der Waals surface area contributed by atoms with Crippen LogP contribution in [-0.4, -0.2) is 44.9 Å². The third kappa shape index (κ3) is 4.32. The molecule has 1 atom stereocenters. The highest BCUT2D eigenvalue weighted by molar-refractivity contribution is 4.79. The molecule has 0 radical (unpaired) electrons. The second-order valence-corrected chi connectivity index (χ2v) is 3.18. The molecule has 2 nitrogen and oxygen atoms in total. The maximum Gasteiger partial charge on any atom is 0.146 e. The summed E-state index contributed by atoms with van der Waals surface area (Å²) in [4.78, 5) is 1.84. The number of methoxy groups -OCH3 is 1. The molecule has 0 unspecified atom stereocenters. The van der Waals surface area contributed by atoms with Crippen LogP contribution >= 0.6 is 0 Å². The second-order valence-electron chi connectivity index (χ2n) is 3.18. The molecule has 0 aromatic heterocycles. The standard InChI is InChI=1S/C8H18FNO/c1-5-8(9,7-11-4)6-10(2)3/h5-7H2,1-4H3/t8-/m0/s1. The van der Waals surface area contributed by atoms with Crippen molar-refractivity contribution >= 4 is 0 Å². The molecule has 0 aliphatic rings. The lowest BCUT2D eigenvalue weighted by molar-refractivity contribution is 0.0193. The fourth-order valence-electron chi connectivity index (χ4n) is 1.08. The van der Waals surface area contributed by atoms with Gasteiger partial charge in [0.15, 0.2) is 0 Å². The topological polar surface area (TPSA) is 12.5 Å². The van der Waals surface area contributed by atoms with Crippen molar-refractivity contribution in [3.63, 3.8) is 0 Å². The molecule has 0 heterocycles. The van der Waals surface area contributed by atoms with Gasteiger partial charge in [-0.1, -0.05) is 6.92 Å². The van der Waals surface area contributed by atoms with E-state index in [9.17, 15) is 4.39 Å². The van der Waals surface area contributed by atoms with Crippen LogP contribution < -0.4 is 0 Å². The number of nitrogens with zero attached hydrogens (tertiary/aromatic N) is 1. The smallest absolute Gasteiger partial charge is 0.146 e. The summed E-state index contributed by atoms with van der Waals surface area (Å²) in [7, 11) is 5.25. The van der Waals surface area contributed by atoms with Gasteiger partial charge in [-0.3, -0.25) is 0 Å². The third-order valence-electron chi connectivity index (χ3n) is 1.64. The van der Waals surface area contributed by atoms with E-state index in [1.54, 1.807) is 0 Å². The number of rotatable bonds is 5. The summed E-state index contributed by atoms with van der Waals surface area (Å²) in [6.45, 7) is 2.45. The van der Waals surface area contributed by atoms with Crippen molar-refractivity contribution in [1.82, 2.24) is 4.90 Å². The zero-order chi connectivity index (χ0) is 8.91. The quantitative estimate of drug-likeness (QED) is 0.606. The van der Waals surface area contributed by atoms with Gasteiger partial charge >= 0.3 is 0 Å². The predicted octanol–water partition coefficient (Wildman–Crippen LogP) is 1.31. The molecule has 0 spiro atoms. The van der Waals surface area contributed by atoms with E-state index in [-0.39, 0.29) is 6.61 Å². The molecular formula is C8H18FNO. The van der Waals surface area contributed by atoms with Crippen LogP contribution in [0.3, 0.4) is 0 Å². The lowest BCUT2D eigenvalue weighted by atomic mass is 10.0. The molecule has 0 aliphatic heterocycles. The Morgan fingerprint density at radius 3 is 2.27 bits per heavy atom. The van der Waals surface area contributed by atoms with Crippen molar-refractivity contribution in [2.45, 2.75) is 19.0 Å². The summed E-state index contributed by atoms with van der Waals surface area (Å²) in [6, 6.07) is 0. The summed E-state index contributed by atoms with van der Waals surface area (Å²) in [5.41, 5.74) is -1.18. The fourth-order valence-corrected chi connectivity index (χ4v) is 1.08. The van der Waals surface area contributed by atoms with Gasteiger partial charge in [-0.05, 0) is 20.5 Å². The van der Waals surface area contributed by atoms with E-state index in [0.717, 1.165) is 0 Å². The molecule has 0 aliphatic carbocycles. The normalized spacial score (nSPS) is 16.9. The van der Waals surface area contributed by atoms with E-state index >= 15 is 0 Å². The van der Waals surface area contributed by atoms with Crippen molar-refractivity contribution in [1.29, 1.82) is 0 Å². The van der Waals surface area contributed by atoms with E-state index in [4.69, 9.17) is 4.74 Å². The summed E-state index contributed by atoms with van der Waals surface area (Å²) >= 11 is 0. The van der Waals surface area contributed by atoms with Crippen molar-refractivity contribution in [3.05, 3.63) is 0 Å². The van der Waals surface area contributed by atoms with Crippen LogP contribution in [-0.2, 0) is 4.74 Å². The van der Waals surface area contributed by atoms with Crippen LogP contribution in [0, 0.1) is 0 Å². The molecular weight excluding hydrogens is 145 g/mol. The van der Waals surface area contributed by atoms with Crippen LogP contribution in [0.2, 0.25) is 0 Å². The Bertz CT molecular complexity index is 108. The first kappa shape index (κ1) is 10.8. The van der Waals surface area contributed by atoms with Crippen molar-refractivity contribution in [3.8, 4) is 0 Å². The van der Waals surface area contributed by atoms with Crippen LogP contribution in [0.5, 0.6) is 0 Å². The molecule has 0 N–H and O–H groups in total. The van der Waals surface area contributed by atoms with Gasteiger partial charge in [0, 0.05) is 13.7 Å². The average molecular weight is 163 g/mol. The van der Waals surface area contributed by atoms with Crippen LogP contribution in [0.15, 0.2) is 0 Å². The number of hydrogen-bond acceptors (Lipinski definition) is 2. The minimum absolute atomic E-state index is 0.182. The molecule has 0 amide bonds. The second kappa shape index (κ2) is 4.67. The van der Waals surface area contributed by atoms with Gasteiger partial charge < -0.3 is 9.64 Å². The molecule has 0 fully saturated rings. The van der Waals surface area contributed by atoms with E-state index in [0.29, 0.717) is 13.0 Å². The minimum atomic E-state index is -1.18. The third-order valence-corrected chi connectivity index (χ3v) is 1.64. The van der Waals surface area contributed by atoms with Gasteiger partial charge in [-0.25, -0.2) is 4.39 Å². The first-order chi connectivity index (χ1) is 5.04. The van der Waals surface area contributed by atoms with E-state index < -0.39 is 5.67 Å². The molecule has 11 heavy (non-hydrogen) atoms. The Morgan fingerprint density at radius 2 is 2.00 bits per heavy atom. The largest absolute Gasteiger partial charge is 0.381 e. The maximum atomic E-state index is 13.6. The Kier molecular flexibility index (Phi) is 4.61. The summed E-state index contributed by atoms with van der Waals surface area (Å²) in [6.07, 6.45) is 0.499. The summed E-state index contributed by atoms with van der Waals surface area (Å²) < 4.78 is 18.4. The van der Waals surface area contributed by atoms with Gasteiger partial charge in [0.1, 0.15) is 5.67 Å². The van der Waals surface area contributed by atoms with E-state index in [2.05, 4.69) is 0 Å². The number of halogens is 1.